The van der Waals surface area contributed by atoms with Gasteiger partial charge in [-0.3, -0.25) is 0 Å². The van der Waals surface area contributed by atoms with Gasteiger partial charge in [-0.05, 0) is 44.0 Å². The Kier molecular flexibility index (Phi) is 3.19. The SMILES string of the molecule is CCOc1ccc(-c2nc3c(s2)CCCN3)cc1. The van der Waals surface area contributed by atoms with Gasteiger partial charge in [-0.15, -0.1) is 11.3 Å². The fraction of sp³-hybridized carbons (Fsp3) is 0.357. The number of benzene rings is 1. The van der Waals surface area contributed by atoms with Crippen molar-refractivity contribution in [3.8, 4) is 16.3 Å². The van der Waals surface area contributed by atoms with Gasteiger partial charge in [-0.25, -0.2) is 4.98 Å². The van der Waals surface area contributed by atoms with Crippen molar-refractivity contribution in [1.82, 2.24) is 4.98 Å². The average molecular weight is 260 g/mol. The van der Waals surface area contributed by atoms with E-state index in [9.17, 15) is 0 Å². The van der Waals surface area contributed by atoms with Gasteiger partial charge in [0.2, 0.25) is 0 Å². The lowest BCUT2D eigenvalue weighted by Gasteiger charge is -2.10. The molecule has 1 aromatic heterocycles. The maximum atomic E-state index is 5.45. The summed E-state index contributed by atoms with van der Waals surface area (Å²) in [6.07, 6.45) is 2.36. The lowest BCUT2D eigenvalue weighted by atomic mass is 10.2. The third-order valence-electron chi connectivity index (χ3n) is 2.98. The largest absolute Gasteiger partial charge is 0.494 e. The zero-order valence-electron chi connectivity index (χ0n) is 10.4. The molecule has 0 fully saturated rings. The second-order valence-electron chi connectivity index (χ2n) is 4.28. The highest BCUT2D eigenvalue weighted by atomic mass is 32.1. The van der Waals surface area contributed by atoms with Gasteiger partial charge < -0.3 is 10.1 Å². The van der Waals surface area contributed by atoms with Crippen LogP contribution in [0, 0.1) is 0 Å². The second-order valence-corrected chi connectivity index (χ2v) is 5.36. The molecular formula is C14H16N2OS. The number of ether oxygens (including phenoxy) is 1. The third kappa shape index (κ3) is 2.20. The van der Waals surface area contributed by atoms with Crippen LogP contribution in [-0.2, 0) is 6.42 Å². The van der Waals surface area contributed by atoms with E-state index in [4.69, 9.17) is 4.74 Å². The molecule has 0 unspecified atom stereocenters. The summed E-state index contributed by atoms with van der Waals surface area (Å²) in [6, 6.07) is 8.17. The van der Waals surface area contributed by atoms with E-state index >= 15 is 0 Å². The van der Waals surface area contributed by atoms with Crippen LogP contribution in [0.3, 0.4) is 0 Å². The molecule has 0 saturated heterocycles. The van der Waals surface area contributed by atoms with E-state index in [-0.39, 0.29) is 0 Å². The van der Waals surface area contributed by atoms with E-state index in [2.05, 4.69) is 22.4 Å². The van der Waals surface area contributed by atoms with E-state index in [0.717, 1.165) is 29.5 Å². The quantitative estimate of drug-likeness (QED) is 0.916. The normalized spacial score (nSPS) is 13.8. The summed E-state index contributed by atoms with van der Waals surface area (Å²) in [7, 11) is 0. The van der Waals surface area contributed by atoms with Crippen LogP contribution in [0.25, 0.3) is 10.6 Å². The summed E-state index contributed by atoms with van der Waals surface area (Å²) in [6.45, 7) is 3.74. The van der Waals surface area contributed by atoms with Crippen molar-refractivity contribution in [3.05, 3.63) is 29.1 Å². The zero-order valence-corrected chi connectivity index (χ0v) is 11.2. The molecule has 1 aliphatic rings. The van der Waals surface area contributed by atoms with Crippen molar-refractivity contribution in [3.63, 3.8) is 0 Å². The number of anilines is 1. The molecule has 1 aliphatic heterocycles. The van der Waals surface area contributed by atoms with Crippen molar-refractivity contribution >= 4 is 17.2 Å². The minimum absolute atomic E-state index is 0.703. The molecule has 1 aromatic carbocycles. The number of hydrogen-bond acceptors (Lipinski definition) is 4. The Morgan fingerprint density at radius 2 is 2.17 bits per heavy atom. The summed E-state index contributed by atoms with van der Waals surface area (Å²) in [5.41, 5.74) is 1.17. The first-order valence-electron chi connectivity index (χ1n) is 6.33. The van der Waals surface area contributed by atoms with Crippen LogP contribution in [0.4, 0.5) is 5.82 Å². The number of rotatable bonds is 3. The highest BCUT2D eigenvalue weighted by molar-refractivity contribution is 7.15. The van der Waals surface area contributed by atoms with E-state index in [0.29, 0.717) is 6.61 Å². The van der Waals surface area contributed by atoms with Gasteiger partial charge in [0.05, 0.1) is 6.61 Å². The fourth-order valence-corrected chi connectivity index (χ4v) is 3.18. The molecule has 3 nitrogen and oxygen atoms in total. The van der Waals surface area contributed by atoms with Crippen LogP contribution in [0.15, 0.2) is 24.3 Å². The summed E-state index contributed by atoms with van der Waals surface area (Å²) in [4.78, 5) is 6.04. The van der Waals surface area contributed by atoms with Crippen molar-refractivity contribution in [2.45, 2.75) is 19.8 Å². The van der Waals surface area contributed by atoms with Gasteiger partial charge in [-0.1, -0.05) is 0 Å². The molecule has 0 bridgehead atoms. The predicted octanol–water partition coefficient (Wildman–Crippen LogP) is 3.57. The first kappa shape index (κ1) is 11.5. The minimum Gasteiger partial charge on any atom is -0.494 e. The monoisotopic (exact) mass is 260 g/mol. The molecule has 94 valence electrons. The maximum absolute atomic E-state index is 5.45. The predicted molar refractivity (Wildman–Crippen MR) is 75.5 cm³/mol. The highest BCUT2D eigenvalue weighted by Crippen LogP contribution is 2.34. The van der Waals surface area contributed by atoms with Crippen LogP contribution < -0.4 is 10.1 Å². The summed E-state index contributed by atoms with van der Waals surface area (Å²) in [5.74, 6) is 2.00. The molecule has 0 aliphatic carbocycles. The molecule has 0 spiro atoms. The van der Waals surface area contributed by atoms with E-state index in [1.54, 1.807) is 11.3 Å². The van der Waals surface area contributed by atoms with Crippen molar-refractivity contribution in [2.75, 3.05) is 18.5 Å². The molecule has 0 atom stereocenters. The first-order valence-corrected chi connectivity index (χ1v) is 7.15. The summed E-state index contributed by atoms with van der Waals surface area (Å²) in [5, 5.41) is 4.45. The van der Waals surface area contributed by atoms with Crippen molar-refractivity contribution in [1.29, 1.82) is 0 Å². The van der Waals surface area contributed by atoms with Crippen LogP contribution in [0.2, 0.25) is 0 Å². The van der Waals surface area contributed by atoms with E-state index < -0.39 is 0 Å². The summed E-state index contributed by atoms with van der Waals surface area (Å²) < 4.78 is 5.45. The molecule has 2 heterocycles. The van der Waals surface area contributed by atoms with Gasteiger partial charge in [0, 0.05) is 17.0 Å². The molecule has 18 heavy (non-hydrogen) atoms. The van der Waals surface area contributed by atoms with E-state index in [1.165, 1.54) is 16.9 Å². The fourth-order valence-electron chi connectivity index (χ4n) is 2.10. The van der Waals surface area contributed by atoms with Crippen molar-refractivity contribution in [2.24, 2.45) is 0 Å². The molecule has 1 N–H and O–H groups in total. The lowest BCUT2D eigenvalue weighted by molar-refractivity contribution is 0.340. The van der Waals surface area contributed by atoms with Gasteiger partial charge in [0.25, 0.3) is 0 Å². The van der Waals surface area contributed by atoms with Gasteiger partial charge >= 0.3 is 0 Å². The Morgan fingerprint density at radius 3 is 2.89 bits per heavy atom. The second kappa shape index (κ2) is 4.98. The molecule has 2 aromatic rings. The first-order chi connectivity index (χ1) is 8.86. The lowest BCUT2D eigenvalue weighted by Crippen LogP contribution is -2.09. The Morgan fingerprint density at radius 1 is 1.33 bits per heavy atom. The van der Waals surface area contributed by atoms with Gasteiger partial charge in [0.15, 0.2) is 0 Å². The topological polar surface area (TPSA) is 34.1 Å². The minimum atomic E-state index is 0.703. The Bertz CT molecular complexity index is 510. The third-order valence-corrected chi connectivity index (χ3v) is 4.15. The molecule has 0 radical (unpaired) electrons. The molecule has 4 heteroatoms. The van der Waals surface area contributed by atoms with Crippen molar-refractivity contribution < 1.29 is 4.74 Å². The smallest absolute Gasteiger partial charge is 0.140 e. The maximum Gasteiger partial charge on any atom is 0.140 e. The van der Waals surface area contributed by atoms with Gasteiger partial charge in [-0.2, -0.15) is 0 Å². The van der Waals surface area contributed by atoms with Gasteiger partial charge in [0.1, 0.15) is 16.6 Å². The number of hydrogen-bond donors (Lipinski definition) is 1. The number of aromatic nitrogens is 1. The molecule has 0 saturated carbocycles. The average Bonchev–Trinajstić information content (AvgIpc) is 2.84. The van der Waals surface area contributed by atoms with Crippen LogP contribution in [0.1, 0.15) is 18.2 Å². The molecule has 3 rings (SSSR count). The number of fused-ring (bicyclic) bond motifs is 1. The van der Waals surface area contributed by atoms with Crippen LogP contribution >= 0.6 is 11.3 Å². The molecule has 0 amide bonds. The number of aryl methyl sites for hydroxylation is 1. The Balaban J connectivity index is 1.87. The standard InChI is InChI=1S/C14H16N2OS/c1-2-17-11-7-5-10(6-8-11)14-16-13-12(18-14)4-3-9-15-13/h5-8,15H,2-4,9H2,1H3. The van der Waals surface area contributed by atoms with Crippen LogP contribution in [0.5, 0.6) is 5.75 Å². The Hall–Kier alpha value is -1.55. The number of nitrogens with zero attached hydrogens (tertiary/aromatic N) is 1. The number of nitrogens with one attached hydrogen (secondary N) is 1. The highest BCUT2D eigenvalue weighted by Gasteiger charge is 2.15. The molecular weight excluding hydrogens is 244 g/mol. The Labute approximate surface area is 111 Å². The number of thiazole rings is 1. The zero-order chi connectivity index (χ0) is 12.4. The van der Waals surface area contributed by atoms with Crippen LogP contribution in [-0.4, -0.2) is 18.1 Å². The van der Waals surface area contributed by atoms with E-state index in [1.807, 2.05) is 19.1 Å². The summed E-state index contributed by atoms with van der Waals surface area (Å²) >= 11 is 1.79.